The molecule has 2 amide bonds. The maximum atomic E-state index is 12.4. The van der Waals surface area contributed by atoms with Crippen LogP contribution >= 0.6 is 0 Å². The van der Waals surface area contributed by atoms with Crippen molar-refractivity contribution in [1.82, 2.24) is 24.8 Å². The Hall–Kier alpha value is -3.22. The topological polar surface area (TPSA) is 79.6 Å². The number of pyridine rings is 1. The van der Waals surface area contributed by atoms with E-state index in [0.717, 1.165) is 17.0 Å². The quantitative estimate of drug-likeness (QED) is 0.719. The van der Waals surface area contributed by atoms with Crippen LogP contribution in [0, 0.1) is 5.92 Å². The smallest absolute Gasteiger partial charge is 0.225 e. The molecule has 1 fully saturated rings. The Morgan fingerprint density at radius 3 is 2.78 bits per heavy atom. The van der Waals surface area contributed by atoms with E-state index in [4.69, 9.17) is 0 Å². The van der Waals surface area contributed by atoms with Crippen LogP contribution in [0.5, 0.6) is 0 Å². The molecule has 1 atom stereocenters. The summed E-state index contributed by atoms with van der Waals surface area (Å²) in [5.41, 5.74) is 1.86. The standard InChI is InChI=1S/C20H21N5O2/c26-19-12-16(14-24(19)13-15-6-2-1-3-7-15)20(27)21-10-9-18-23-22-17-8-4-5-11-25(17)18/h1-8,11,16H,9-10,12-14H2,(H,21,27)/t16-/m0/s1. The molecule has 4 rings (SSSR count). The number of nitrogens with one attached hydrogen (secondary N) is 1. The molecule has 7 heteroatoms. The minimum atomic E-state index is -0.295. The number of nitrogens with zero attached hydrogens (tertiary/aromatic N) is 4. The van der Waals surface area contributed by atoms with Crippen LogP contribution in [0.1, 0.15) is 17.8 Å². The minimum Gasteiger partial charge on any atom is -0.355 e. The number of aromatic nitrogens is 3. The Morgan fingerprint density at radius 1 is 1.11 bits per heavy atom. The van der Waals surface area contributed by atoms with E-state index in [1.807, 2.05) is 59.1 Å². The molecule has 0 unspecified atom stereocenters. The predicted octanol–water partition coefficient (Wildman–Crippen LogP) is 1.44. The Bertz CT molecular complexity index is 953. The molecule has 3 heterocycles. The molecular weight excluding hydrogens is 342 g/mol. The predicted molar refractivity (Wildman–Crippen MR) is 99.7 cm³/mol. The number of benzene rings is 1. The number of hydrogen-bond acceptors (Lipinski definition) is 4. The molecule has 0 aliphatic carbocycles. The zero-order valence-electron chi connectivity index (χ0n) is 14.9. The fourth-order valence-corrected chi connectivity index (χ4v) is 3.41. The SMILES string of the molecule is O=C(NCCc1nnc2ccccn12)[C@H]1CC(=O)N(Cc2ccccc2)C1. The van der Waals surface area contributed by atoms with E-state index >= 15 is 0 Å². The second kappa shape index (κ2) is 7.57. The average Bonchev–Trinajstić information content (AvgIpc) is 3.27. The van der Waals surface area contributed by atoms with Crippen molar-refractivity contribution in [3.63, 3.8) is 0 Å². The number of likely N-dealkylation sites (tertiary alicyclic amines) is 1. The molecule has 1 N–H and O–H groups in total. The van der Waals surface area contributed by atoms with Gasteiger partial charge in [-0.2, -0.15) is 0 Å². The molecule has 0 spiro atoms. The number of carbonyl (C=O) groups excluding carboxylic acids is 2. The molecule has 1 aliphatic rings. The van der Waals surface area contributed by atoms with E-state index in [1.165, 1.54) is 0 Å². The van der Waals surface area contributed by atoms with Gasteiger partial charge in [0, 0.05) is 38.7 Å². The lowest BCUT2D eigenvalue weighted by Crippen LogP contribution is -2.34. The third kappa shape index (κ3) is 3.81. The molecule has 0 saturated carbocycles. The first kappa shape index (κ1) is 17.2. The first-order chi connectivity index (χ1) is 13.2. The molecule has 1 aliphatic heterocycles. The summed E-state index contributed by atoms with van der Waals surface area (Å²) in [5.74, 6) is 0.464. The molecule has 3 aromatic rings. The van der Waals surface area contributed by atoms with Gasteiger partial charge in [-0.05, 0) is 17.7 Å². The Balaban J connectivity index is 1.29. The van der Waals surface area contributed by atoms with Crippen molar-refractivity contribution in [2.75, 3.05) is 13.1 Å². The van der Waals surface area contributed by atoms with Crippen LogP contribution in [0.3, 0.4) is 0 Å². The number of fused-ring (bicyclic) bond motifs is 1. The average molecular weight is 363 g/mol. The van der Waals surface area contributed by atoms with E-state index < -0.39 is 0 Å². The number of carbonyl (C=O) groups is 2. The molecule has 2 aromatic heterocycles. The normalized spacial score (nSPS) is 16.8. The lowest BCUT2D eigenvalue weighted by atomic mass is 10.1. The summed E-state index contributed by atoms with van der Waals surface area (Å²) in [4.78, 5) is 26.4. The molecule has 7 nitrogen and oxygen atoms in total. The lowest BCUT2D eigenvalue weighted by molar-refractivity contribution is -0.129. The summed E-state index contributed by atoms with van der Waals surface area (Å²) >= 11 is 0. The van der Waals surface area contributed by atoms with E-state index in [0.29, 0.717) is 26.1 Å². The fourth-order valence-electron chi connectivity index (χ4n) is 3.41. The number of hydrogen-bond donors (Lipinski definition) is 1. The number of rotatable bonds is 6. The first-order valence-electron chi connectivity index (χ1n) is 9.09. The molecule has 0 bridgehead atoms. The highest BCUT2D eigenvalue weighted by atomic mass is 16.2. The van der Waals surface area contributed by atoms with Gasteiger partial charge in [-0.25, -0.2) is 0 Å². The lowest BCUT2D eigenvalue weighted by Gasteiger charge is -2.16. The number of amides is 2. The van der Waals surface area contributed by atoms with Gasteiger partial charge in [0.25, 0.3) is 0 Å². The monoisotopic (exact) mass is 363 g/mol. The highest BCUT2D eigenvalue weighted by Gasteiger charge is 2.34. The van der Waals surface area contributed by atoms with Crippen LogP contribution in [-0.4, -0.2) is 44.4 Å². The summed E-state index contributed by atoms with van der Waals surface area (Å²) < 4.78 is 1.91. The van der Waals surface area contributed by atoms with Crippen molar-refractivity contribution < 1.29 is 9.59 Å². The summed E-state index contributed by atoms with van der Waals surface area (Å²) in [7, 11) is 0. The molecule has 0 radical (unpaired) electrons. The van der Waals surface area contributed by atoms with Crippen LogP contribution < -0.4 is 5.32 Å². The van der Waals surface area contributed by atoms with Gasteiger partial charge in [0.2, 0.25) is 11.8 Å². The summed E-state index contributed by atoms with van der Waals surface area (Å²) in [6.07, 6.45) is 2.77. The van der Waals surface area contributed by atoms with Crippen LogP contribution in [0.25, 0.3) is 5.65 Å². The molecular formula is C20H21N5O2. The highest BCUT2D eigenvalue weighted by molar-refractivity contribution is 5.89. The zero-order valence-corrected chi connectivity index (χ0v) is 14.9. The van der Waals surface area contributed by atoms with Gasteiger partial charge in [-0.15, -0.1) is 10.2 Å². The van der Waals surface area contributed by atoms with E-state index in [-0.39, 0.29) is 24.2 Å². The van der Waals surface area contributed by atoms with Crippen LogP contribution in [0.2, 0.25) is 0 Å². The molecule has 138 valence electrons. The third-order valence-corrected chi connectivity index (χ3v) is 4.83. The van der Waals surface area contributed by atoms with Gasteiger partial charge in [0.05, 0.1) is 5.92 Å². The fraction of sp³-hybridized carbons (Fsp3) is 0.300. The Morgan fingerprint density at radius 2 is 1.93 bits per heavy atom. The van der Waals surface area contributed by atoms with Crippen molar-refractivity contribution in [1.29, 1.82) is 0 Å². The van der Waals surface area contributed by atoms with Crippen molar-refractivity contribution >= 4 is 17.5 Å². The van der Waals surface area contributed by atoms with E-state index in [9.17, 15) is 9.59 Å². The van der Waals surface area contributed by atoms with Gasteiger partial charge >= 0.3 is 0 Å². The summed E-state index contributed by atoms with van der Waals surface area (Å²) in [5, 5.41) is 11.2. The molecule has 27 heavy (non-hydrogen) atoms. The third-order valence-electron chi connectivity index (χ3n) is 4.83. The maximum Gasteiger partial charge on any atom is 0.225 e. The van der Waals surface area contributed by atoms with Gasteiger partial charge < -0.3 is 10.2 Å². The van der Waals surface area contributed by atoms with Gasteiger partial charge in [0.15, 0.2) is 5.65 Å². The minimum absolute atomic E-state index is 0.0300. The zero-order chi connectivity index (χ0) is 18.6. The Labute approximate surface area is 157 Å². The van der Waals surface area contributed by atoms with Crippen molar-refractivity contribution in [3.05, 3.63) is 66.1 Å². The Kier molecular flexibility index (Phi) is 4.82. The molecule has 1 aromatic carbocycles. The van der Waals surface area contributed by atoms with Crippen LogP contribution in [0.15, 0.2) is 54.7 Å². The van der Waals surface area contributed by atoms with Crippen molar-refractivity contribution in [2.24, 2.45) is 5.92 Å². The van der Waals surface area contributed by atoms with Gasteiger partial charge in [-0.3, -0.25) is 14.0 Å². The van der Waals surface area contributed by atoms with E-state index in [2.05, 4.69) is 15.5 Å². The molecule has 1 saturated heterocycles. The van der Waals surface area contributed by atoms with Crippen LogP contribution in [-0.2, 0) is 22.6 Å². The van der Waals surface area contributed by atoms with E-state index in [1.54, 1.807) is 4.90 Å². The van der Waals surface area contributed by atoms with Gasteiger partial charge in [-0.1, -0.05) is 36.4 Å². The van der Waals surface area contributed by atoms with Gasteiger partial charge in [0.1, 0.15) is 5.82 Å². The van der Waals surface area contributed by atoms with Crippen LogP contribution in [0.4, 0.5) is 0 Å². The second-order valence-corrected chi connectivity index (χ2v) is 6.75. The highest BCUT2D eigenvalue weighted by Crippen LogP contribution is 2.20. The van der Waals surface area contributed by atoms with Crippen molar-refractivity contribution in [2.45, 2.75) is 19.4 Å². The summed E-state index contributed by atoms with van der Waals surface area (Å²) in [6.45, 7) is 1.49. The van der Waals surface area contributed by atoms with Crippen molar-refractivity contribution in [3.8, 4) is 0 Å². The largest absolute Gasteiger partial charge is 0.355 e. The maximum absolute atomic E-state index is 12.4. The second-order valence-electron chi connectivity index (χ2n) is 6.75. The first-order valence-corrected chi connectivity index (χ1v) is 9.09. The summed E-state index contributed by atoms with van der Waals surface area (Å²) in [6, 6.07) is 15.6.